The maximum atomic E-state index is 13.0. The summed E-state index contributed by atoms with van der Waals surface area (Å²) >= 11 is 0. The second kappa shape index (κ2) is 9.30. The lowest BCUT2D eigenvalue weighted by Gasteiger charge is -2.27. The Morgan fingerprint density at radius 1 is 1.41 bits per heavy atom. The normalized spacial score (nSPS) is 10.8. The van der Waals surface area contributed by atoms with E-state index < -0.39 is 5.54 Å². The van der Waals surface area contributed by atoms with Crippen molar-refractivity contribution in [1.82, 2.24) is 19.9 Å². The maximum Gasteiger partial charge on any atom is 0.272 e. The molecule has 0 saturated heterocycles. The Balaban J connectivity index is 2.38. The van der Waals surface area contributed by atoms with Crippen LogP contribution < -0.4 is 27.0 Å². The average Bonchev–Trinajstić information content (AvgIpc) is 3.03. The predicted octanol–water partition coefficient (Wildman–Crippen LogP) is 1.03. The van der Waals surface area contributed by atoms with Gasteiger partial charge in [0.05, 0.1) is 24.5 Å². The molecular formula is C20H30N8O. The van der Waals surface area contributed by atoms with Gasteiger partial charge in [-0.25, -0.2) is 0 Å². The number of pyridine rings is 1. The van der Waals surface area contributed by atoms with Crippen molar-refractivity contribution in [2.75, 3.05) is 36.6 Å². The first-order valence-corrected chi connectivity index (χ1v) is 9.33. The summed E-state index contributed by atoms with van der Waals surface area (Å²) in [6.45, 7) is 6.72. The predicted molar refractivity (Wildman–Crippen MR) is 117 cm³/mol. The highest BCUT2D eigenvalue weighted by molar-refractivity contribution is 5.98. The molecule has 2 aromatic rings. The van der Waals surface area contributed by atoms with Crippen LogP contribution in [0, 0.1) is 11.8 Å². The third-order valence-electron chi connectivity index (χ3n) is 4.14. The number of nitrogens with two attached hydrogens (primary N) is 2. The summed E-state index contributed by atoms with van der Waals surface area (Å²) in [5.74, 6) is 6.66. The van der Waals surface area contributed by atoms with E-state index in [9.17, 15) is 4.79 Å². The lowest BCUT2D eigenvalue weighted by Crippen LogP contribution is -2.44. The number of nitrogen functional groups attached to an aromatic ring is 1. The zero-order chi connectivity index (χ0) is 21.6. The van der Waals surface area contributed by atoms with Crippen molar-refractivity contribution < 1.29 is 4.79 Å². The number of likely N-dealkylation sites (N-methyl/N-ethyl adjacent to an activating group) is 1. The van der Waals surface area contributed by atoms with E-state index in [1.165, 1.54) is 0 Å². The van der Waals surface area contributed by atoms with Gasteiger partial charge in [0.2, 0.25) is 5.95 Å². The van der Waals surface area contributed by atoms with Crippen molar-refractivity contribution >= 4 is 23.4 Å². The Morgan fingerprint density at radius 2 is 2.14 bits per heavy atom. The fourth-order valence-corrected chi connectivity index (χ4v) is 2.97. The summed E-state index contributed by atoms with van der Waals surface area (Å²) in [6.07, 6.45) is 1.64. The number of nitrogens with one attached hydrogen (secondary N) is 2. The maximum absolute atomic E-state index is 13.0. The van der Waals surface area contributed by atoms with Crippen LogP contribution in [-0.2, 0) is 13.1 Å². The van der Waals surface area contributed by atoms with E-state index in [4.69, 9.17) is 11.5 Å². The van der Waals surface area contributed by atoms with E-state index in [0.717, 1.165) is 0 Å². The minimum Gasteiger partial charge on any atom is -0.397 e. The molecule has 0 aliphatic heterocycles. The van der Waals surface area contributed by atoms with Crippen LogP contribution in [0.1, 0.15) is 37.0 Å². The van der Waals surface area contributed by atoms with Gasteiger partial charge in [-0.15, -0.1) is 5.92 Å². The Kier molecular flexibility index (Phi) is 7.07. The minimum atomic E-state index is -0.430. The molecule has 6 N–H and O–H groups in total. The molecule has 1 amide bonds. The van der Waals surface area contributed by atoms with Crippen LogP contribution in [0.2, 0.25) is 0 Å². The van der Waals surface area contributed by atoms with E-state index in [2.05, 4.69) is 32.4 Å². The largest absolute Gasteiger partial charge is 0.397 e. The average molecular weight is 399 g/mol. The number of rotatable bonds is 8. The fraction of sp³-hybridized carbons (Fsp3) is 0.450. The van der Waals surface area contributed by atoms with Gasteiger partial charge in [0, 0.05) is 32.4 Å². The van der Waals surface area contributed by atoms with E-state index in [0.29, 0.717) is 41.9 Å². The molecular weight excluding hydrogens is 368 g/mol. The molecule has 0 spiro atoms. The number of anilines is 3. The van der Waals surface area contributed by atoms with Gasteiger partial charge in [0.1, 0.15) is 0 Å². The van der Waals surface area contributed by atoms with Gasteiger partial charge in [0.25, 0.3) is 5.91 Å². The summed E-state index contributed by atoms with van der Waals surface area (Å²) in [5, 5.41) is 5.88. The second-order valence-corrected chi connectivity index (χ2v) is 7.44. The molecule has 0 unspecified atom stereocenters. The molecule has 0 radical (unpaired) electrons. The third-order valence-corrected chi connectivity index (χ3v) is 4.14. The first kappa shape index (κ1) is 22.0. The highest BCUT2D eigenvalue weighted by atomic mass is 16.2. The highest BCUT2D eigenvalue weighted by Crippen LogP contribution is 2.24. The zero-order valence-electron chi connectivity index (χ0n) is 17.7. The summed E-state index contributed by atoms with van der Waals surface area (Å²) in [6, 6.07) is 3.50. The van der Waals surface area contributed by atoms with Gasteiger partial charge in [-0.2, -0.15) is 4.98 Å². The number of imidazole rings is 1. The van der Waals surface area contributed by atoms with Crippen LogP contribution in [0.5, 0.6) is 0 Å². The zero-order valence-corrected chi connectivity index (χ0v) is 17.7. The lowest BCUT2D eigenvalue weighted by molar-refractivity contribution is 0.0943. The molecule has 0 atom stereocenters. The van der Waals surface area contributed by atoms with E-state index >= 15 is 0 Å². The number of carbonyl (C=O) groups excluding carboxylic acids is 1. The Bertz CT molecular complexity index is 917. The van der Waals surface area contributed by atoms with Gasteiger partial charge >= 0.3 is 0 Å². The number of hydrogen-bond donors (Lipinski definition) is 4. The Labute approximate surface area is 171 Å². The molecule has 156 valence electrons. The quantitative estimate of drug-likeness (QED) is 0.489. The Hall–Kier alpha value is -3.25. The van der Waals surface area contributed by atoms with Gasteiger partial charge in [-0.3, -0.25) is 14.3 Å². The van der Waals surface area contributed by atoms with Crippen molar-refractivity contribution in [3.63, 3.8) is 0 Å². The fourth-order valence-electron chi connectivity index (χ4n) is 2.97. The van der Waals surface area contributed by atoms with Crippen molar-refractivity contribution in [3.05, 3.63) is 29.7 Å². The topological polar surface area (TPSA) is 127 Å². The molecule has 0 fully saturated rings. The molecule has 2 heterocycles. The number of amides is 1. The Morgan fingerprint density at radius 3 is 2.72 bits per heavy atom. The standard InChI is InChI=1S/C20H30N8O/c1-6-7-11-28-16(18(29)25-12-15-14(21)9-8-10-24-15)17(23-4)26-19(28)27(5)13-20(2,3)22/h8-10,23H,11-13,21-22H2,1-5H3,(H,25,29). The van der Waals surface area contributed by atoms with Crippen LogP contribution in [0.15, 0.2) is 18.3 Å². The number of nitrogens with zero attached hydrogens (tertiary/aromatic N) is 4. The summed E-state index contributed by atoms with van der Waals surface area (Å²) < 4.78 is 1.78. The smallest absolute Gasteiger partial charge is 0.272 e. The van der Waals surface area contributed by atoms with Gasteiger partial charge in [0.15, 0.2) is 11.5 Å². The third kappa shape index (κ3) is 5.62. The molecule has 2 aromatic heterocycles. The lowest BCUT2D eigenvalue weighted by atomic mass is 10.1. The number of hydrogen-bond acceptors (Lipinski definition) is 7. The SMILES string of the molecule is CC#CCn1c(N(C)CC(C)(C)N)nc(NC)c1C(=O)NCc1ncccc1N. The van der Waals surface area contributed by atoms with E-state index in [1.807, 2.05) is 25.8 Å². The van der Waals surface area contributed by atoms with Crippen molar-refractivity contribution in [2.45, 2.75) is 39.4 Å². The van der Waals surface area contributed by atoms with Crippen molar-refractivity contribution in [1.29, 1.82) is 0 Å². The molecule has 0 aliphatic carbocycles. The number of carbonyl (C=O) groups is 1. The van der Waals surface area contributed by atoms with Gasteiger partial charge in [-0.1, -0.05) is 5.92 Å². The molecule has 0 bridgehead atoms. The van der Waals surface area contributed by atoms with E-state index in [-0.39, 0.29) is 12.5 Å². The van der Waals surface area contributed by atoms with Crippen LogP contribution in [0.4, 0.5) is 17.5 Å². The van der Waals surface area contributed by atoms with Crippen molar-refractivity contribution in [2.24, 2.45) is 5.73 Å². The summed E-state index contributed by atoms with van der Waals surface area (Å²) in [4.78, 5) is 23.8. The number of aromatic nitrogens is 3. The summed E-state index contributed by atoms with van der Waals surface area (Å²) in [5.41, 5.74) is 13.2. The highest BCUT2D eigenvalue weighted by Gasteiger charge is 2.26. The molecule has 0 aromatic carbocycles. The summed E-state index contributed by atoms with van der Waals surface area (Å²) in [7, 11) is 3.62. The van der Waals surface area contributed by atoms with Crippen LogP contribution in [0.3, 0.4) is 0 Å². The van der Waals surface area contributed by atoms with Crippen LogP contribution in [-0.4, -0.2) is 46.6 Å². The minimum absolute atomic E-state index is 0.209. The molecule has 29 heavy (non-hydrogen) atoms. The first-order valence-electron chi connectivity index (χ1n) is 9.33. The second-order valence-electron chi connectivity index (χ2n) is 7.44. The van der Waals surface area contributed by atoms with E-state index in [1.54, 1.807) is 36.9 Å². The molecule has 0 saturated carbocycles. The van der Waals surface area contributed by atoms with Crippen molar-refractivity contribution in [3.8, 4) is 11.8 Å². The molecule has 2 rings (SSSR count). The van der Waals surface area contributed by atoms with Crippen LogP contribution in [0.25, 0.3) is 0 Å². The molecule has 9 heteroatoms. The molecule has 0 aliphatic rings. The first-order chi connectivity index (χ1) is 13.7. The monoisotopic (exact) mass is 398 g/mol. The van der Waals surface area contributed by atoms with Gasteiger partial charge < -0.3 is 27.0 Å². The van der Waals surface area contributed by atoms with Crippen LogP contribution >= 0.6 is 0 Å². The molecule has 9 nitrogen and oxygen atoms in total. The van der Waals surface area contributed by atoms with Gasteiger partial charge in [-0.05, 0) is 32.9 Å².